The first-order valence-electron chi connectivity index (χ1n) is 8.41. The van der Waals surface area contributed by atoms with Crippen LogP contribution in [-0.2, 0) is 15.3 Å². The van der Waals surface area contributed by atoms with Crippen molar-refractivity contribution in [2.75, 3.05) is 10.2 Å². The van der Waals surface area contributed by atoms with Crippen molar-refractivity contribution in [3.8, 4) is 0 Å². The molecule has 0 saturated heterocycles. The molecule has 0 bridgehead atoms. The van der Waals surface area contributed by atoms with Gasteiger partial charge >= 0.3 is 0 Å². The molecule has 1 spiro atoms. The number of nitrogens with zero attached hydrogens (tertiary/aromatic N) is 3. The molecule has 0 radical (unpaired) electrons. The van der Waals surface area contributed by atoms with Crippen molar-refractivity contribution >= 4 is 35.1 Å². The Balaban J connectivity index is 1.83. The SMILES string of the molecule is CC(=O)N1C(=O)[C@]2(N=C(N)NC(Nc3cccc(C)c3)=N2)c2ccccc21. The number of para-hydroxylation sites is 1. The summed E-state index contributed by atoms with van der Waals surface area (Å²) in [5.41, 5.74) is 7.18. The Hall–Kier alpha value is -3.68. The van der Waals surface area contributed by atoms with Crippen LogP contribution in [0.15, 0.2) is 58.5 Å². The number of rotatable bonds is 1. The minimum atomic E-state index is -1.62. The van der Waals surface area contributed by atoms with Gasteiger partial charge in [-0.05, 0) is 30.7 Å². The van der Waals surface area contributed by atoms with Crippen molar-refractivity contribution < 1.29 is 9.59 Å². The van der Waals surface area contributed by atoms with Crippen molar-refractivity contribution in [1.82, 2.24) is 5.32 Å². The predicted octanol–water partition coefficient (Wildman–Crippen LogP) is 1.43. The molecule has 0 aromatic heterocycles. The Bertz CT molecular complexity index is 1030. The molecule has 8 nitrogen and oxygen atoms in total. The predicted molar refractivity (Wildman–Crippen MR) is 103 cm³/mol. The standard InChI is InChI=1S/C19H18N6O2/c1-11-6-5-7-13(10-11)21-18-22-17(20)23-19(24-18)14-8-3-4-9-15(14)25(12(2)26)16(19)27/h3-10H,1-2H3,(H4,20,21,22,23,24)/t19-/m0/s1. The molecule has 8 heteroatoms. The molecule has 0 unspecified atom stereocenters. The van der Waals surface area contributed by atoms with Gasteiger partial charge < -0.3 is 11.1 Å². The molecular formula is C19H18N6O2. The second kappa shape index (κ2) is 5.94. The molecule has 2 aliphatic heterocycles. The van der Waals surface area contributed by atoms with Gasteiger partial charge in [-0.15, -0.1) is 0 Å². The number of guanidine groups is 2. The highest BCUT2D eigenvalue weighted by molar-refractivity contribution is 6.24. The summed E-state index contributed by atoms with van der Waals surface area (Å²) in [7, 11) is 0. The Kier molecular flexibility index (Phi) is 3.69. The minimum absolute atomic E-state index is 0.0358. The van der Waals surface area contributed by atoms with Gasteiger partial charge in [-0.2, -0.15) is 0 Å². The number of carbonyl (C=O) groups is 2. The van der Waals surface area contributed by atoms with Crippen molar-refractivity contribution in [3.63, 3.8) is 0 Å². The molecule has 2 amide bonds. The summed E-state index contributed by atoms with van der Waals surface area (Å²) >= 11 is 0. The number of aliphatic imine (C=N–C) groups is 2. The first kappa shape index (κ1) is 16.8. The normalized spacial score (nSPS) is 20.7. The summed E-state index contributed by atoms with van der Waals surface area (Å²) < 4.78 is 0. The third-order valence-electron chi connectivity index (χ3n) is 4.42. The first-order valence-corrected chi connectivity index (χ1v) is 8.41. The van der Waals surface area contributed by atoms with E-state index in [0.717, 1.165) is 16.2 Å². The number of hydrogen-bond acceptors (Lipinski definition) is 7. The van der Waals surface area contributed by atoms with Gasteiger partial charge in [0.05, 0.1) is 5.69 Å². The number of imide groups is 1. The average molecular weight is 362 g/mol. The molecule has 0 fully saturated rings. The number of benzene rings is 2. The van der Waals surface area contributed by atoms with Crippen LogP contribution < -0.4 is 21.3 Å². The highest BCUT2D eigenvalue weighted by Gasteiger charge is 2.54. The number of aryl methyl sites for hydroxylation is 1. The summed E-state index contributed by atoms with van der Waals surface area (Å²) in [6.07, 6.45) is 0. The van der Waals surface area contributed by atoms with Crippen LogP contribution in [0.4, 0.5) is 11.4 Å². The van der Waals surface area contributed by atoms with Crippen LogP contribution in [0.3, 0.4) is 0 Å². The Morgan fingerprint density at radius 1 is 1.19 bits per heavy atom. The number of carbonyl (C=O) groups excluding carboxylic acids is 2. The van der Waals surface area contributed by atoms with Crippen molar-refractivity contribution in [2.24, 2.45) is 15.7 Å². The number of hydrogen-bond donors (Lipinski definition) is 3. The number of nitrogens with one attached hydrogen (secondary N) is 2. The lowest BCUT2D eigenvalue weighted by Crippen LogP contribution is -2.51. The van der Waals surface area contributed by atoms with E-state index in [2.05, 4.69) is 20.6 Å². The fourth-order valence-electron chi connectivity index (χ4n) is 3.33. The largest absolute Gasteiger partial charge is 0.370 e. The van der Waals surface area contributed by atoms with E-state index in [1.54, 1.807) is 24.3 Å². The summed E-state index contributed by atoms with van der Waals surface area (Å²) in [5.74, 6) is -0.639. The molecule has 0 saturated carbocycles. The second-order valence-corrected chi connectivity index (χ2v) is 6.43. The molecule has 2 aromatic rings. The minimum Gasteiger partial charge on any atom is -0.370 e. The molecule has 2 heterocycles. The third kappa shape index (κ3) is 2.62. The zero-order chi connectivity index (χ0) is 19.2. The maximum atomic E-state index is 13.2. The number of anilines is 2. The average Bonchev–Trinajstić information content (AvgIpc) is 2.83. The highest BCUT2D eigenvalue weighted by atomic mass is 16.2. The quantitative estimate of drug-likeness (QED) is 0.710. The molecule has 2 aliphatic rings. The van der Waals surface area contributed by atoms with E-state index in [1.165, 1.54) is 6.92 Å². The Morgan fingerprint density at radius 3 is 2.70 bits per heavy atom. The summed E-state index contributed by atoms with van der Waals surface area (Å²) in [6.45, 7) is 3.30. The Morgan fingerprint density at radius 2 is 1.96 bits per heavy atom. The molecule has 0 aliphatic carbocycles. The van der Waals surface area contributed by atoms with Gasteiger partial charge in [-0.25, -0.2) is 14.9 Å². The maximum Gasteiger partial charge on any atom is 0.289 e. The summed E-state index contributed by atoms with van der Waals surface area (Å²) in [4.78, 5) is 35.1. The van der Waals surface area contributed by atoms with Crippen molar-refractivity contribution in [1.29, 1.82) is 0 Å². The van der Waals surface area contributed by atoms with Crippen molar-refractivity contribution in [3.05, 3.63) is 59.7 Å². The second-order valence-electron chi connectivity index (χ2n) is 6.43. The van der Waals surface area contributed by atoms with E-state index < -0.39 is 17.5 Å². The number of amides is 2. The summed E-state index contributed by atoms with van der Waals surface area (Å²) in [6, 6.07) is 14.6. The molecule has 4 N–H and O–H groups in total. The first-order chi connectivity index (χ1) is 12.9. The van der Waals surface area contributed by atoms with E-state index in [9.17, 15) is 9.59 Å². The molecule has 27 heavy (non-hydrogen) atoms. The van der Waals surface area contributed by atoms with E-state index in [-0.39, 0.29) is 11.9 Å². The van der Waals surface area contributed by atoms with Gasteiger partial charge in [-0.3, -0.25) is 14.9 Å². The van der Waals surface area contributed by atoms with Crippen molar-refractivity contribution in [2.45, 2.75) is 19.5 Å². The van der Waals surface area contributed by atoms with Gasteiger partial charge in [0.15, 0.2) is 5.96 Å². The zero-order valence-electron chi connectivity index (χ0n) is 14.9. The van der Waals surface area contributed by atoms with E-state index in [0.29, 0.717) is 11.3 Å². The number of fused-ring (bicyclic) bond motifs is 2. The van der Waals surface area contributed by atoms with E-state index >= 15 is 0 Å². The maximum absolute atomic E-state index is 13.2. The fourth-order valence-corrected chi connectivity index (χ4v) is 3.33. The third-order valence-corrected chi connectivity index (χ3v) is 4.42. The molecular weight excluding hydrogens is 344 g/mol. The summed E-state index contributed by atoms with van der Waals surface area (Å²) in [5, 5.41) is 5.96. The van der Waals surface area contributed by atoms with Gasteiger partial charge in [0.2, 0.25) is 11.9 Å². The highest BCUT2D eigenvalue weighted by Crippen LogP contribution is 2.44. The van der Waals surface area contributed by atoms with Crippen LogP contribution in [0.1, 0.15) is 18.1 Å². The topological polar surface area (TPSA) is 112 Å². The smallest absolute Gasteiger partial charge is 0.289 e. The molecule has 4 rings (SSSR count). The zero-order valence-corrected chi connectivity index (χ0v) is 14.9. The lowest BCUT2D eigenvalue weighted by Gasteiger charge is -2.27. The van der Waals surface area contributed by atoms with Gasteiger partial charge in [0.1, 0.15) is 0 Å². The van der Waals surface area contributed by atoms with E-state index in [4.69, 9.17) is 5.73 Å². The van der Waals surface area contributed by atoms with Crippen LogP contribution in [0.2, 0.25) is 0 Å². The monoisotopic (exact) mass is 362 g/mol. The van der Waals surface area contributed by atoms with Crippen LogP contribution >= 0.6 is 0 Å². The van der Waals surface area contributed by atoms with Gasteiger partial charge in [0.25, 0.3) is 11.6 Å². The van der Waals surface area contributed by atoms with Gasteiger partial charge in [-0.1, -0.05) is 30.3 Å². The molecule has 136 valence electrons. The lowest BCUT2D eigenvalue weighted by molar-refractivity contribution is -0.127. The Labute approximate surface area is 155 Å². The van der Waals surface area contributed by atoms with Crippen LogP contribution in [-0.4, -0.2) is 23.7 Å². The van der Waals surface area contributed by atoms with Crippen LogP contribution in [0, 0.1) is 6.92 Å². The fraction of sp³-hybridized carbons (Fsp3) is 0.158. The number of nitrogens with two attached hydrogens (primary N) is 1. The molecule has 2 aromatic carbocycles. The van der Waals surface area contributed by atoms with Gasteiger partial charge in [0, 0.05) is 18.2 Å². The molecule has 1 atom stereocenters. The lowest BCUT2D eigenvalue weighted by atomic mass is 10.0. The van der Waals surface area contributed by atoms with Crippen LogP contribution in [0.25, 0.3) is 0 Å². The van der Waals surface area contributed by atoms with E-state index in [1.807, 2.05) is 31.2 Å². The van der Waals surface area contributed by atoms with Crippen LogP contribution in [0.5, 0.6) is 0 Å².